The van der Waals surface area contributed by atoms with E-state index in [0.29, 0.717) is 29.7 Å². The number of rotatable bonds is 2. The Morgan fingerprint density at radius 2 is 2.11 bits per heavy atom. The van der Waals surface area contributed by atoms with Crippen LogP contribution in [0.5, 0.6) is 0 Å². The highest BCUT2D eigenvalue weighted by Gasteiger charge is 2.31. The number of carboxylic acids is 1. The third-order valence-electron chi connectivity index (χ3n) is 2.91. The average molecular weight is 249 g/mol. The molecule has 1 aliphatic rings. The van der Waals surface area contributed by atoms with E-state index in [9.17, 15) is 9.59 Å². The van der Waals surface area contributed by atoms with Gasteiger partial charge in [0.2, 0.25) is 5.78 Å². The number of Topliss-reactive ketones (excluding diaryl/α,β-unsaturated/α-hetero) is 1. The van der Waals surface area contributed by atoms with Crippen molar-refractivity contribution < 1.29 is 14.7 Å². The predicted molar refractivity (Wildman–Crippen MR) is 64.6 cm³/mol. The van der Waals surface area contributed by atoms with Gasteiger partial charge in [0.05, 0.1) is 0 Å². The number of carbonyl (C=O) groups excluding carboxylic acids is 1. The highest BCUT2D eigenvalue weighted by atomic mass is 16.4. The maximum Gasteiger partial charge on any atom is 0.356 e. The molecule has 1 aromatic rings. The van der Waals surface area contributed by atoms with Crippen LogP contribution in [0.3, 0.4) is 0 Å². The largest absolute Gasteiger partial charge is 0.476 e. The number of hydrogen-bond acceptors (Lipinski definition) is 4. The molecule has 0 atom stereocenters. The summed E-state index contributed by atoms with van der Waals surface area (Å²) in [5.74, 6) is -1.22. The van der Waals surface area contributed by atoms with Gasteiger partial charge >= 0.3 is 5.97 Å². The van der Waals surface area contributed by atoms with E-state index in [2.05, 4.69) is 5.10 Å². The van der Waals surface area contributed by atoms with Crippen LogP contribution >= 0.6 is 0 Å². The number of hydrogen-bond donors (Lipinski definition) is 1. The van der Waals surface area contributed by atoms with Gasteiger partial charge in [-0.3, -0.25) is 9.48 Å². The van der Waals surface area contributed by atoms with Crippen molar-refractivity contribution in [1.82, 2.24) is 14.7 Å². The Morgan fingerprint density at radius 1 is 1.44 bits per heavy atom. The lowest BCUT2D eigenvalue weighted by atomic mass is 9.90. The van der Waals surface area contributed by atoms with E-state index >= 15 is 0 Å². The van der Waals surface area contributed by atoms with E-state index in [4.69, 9.17) is 5.11 Å². The first-order valence-electron chi connectivity index (χ1n) is 5.62. The van der Waals surface area contributed by atoms with Crippen molar-refractivity contribution in [3.05, 3.63) is 28.7 Å². The van der Waals surface area contributed by atoms with E-state index in [0.717, 1.165) is 0 Å². The summed E-state index contributed by atoms with van der Waals surface area (Å²) >= 11 is 0. The van der Waals surface area contributed by atoms with Crippen molar-refractivity contribution >= 4 is 11.8 Å². The second kappa shape index (κ2) is 4.29. The Balaban J connectivity index is 2.51. The van der Waals surface area contributed by atoms with Gasteiger partial charge in [-0.05, 0) is 12.8 Å². The van der Waals surface area contributed by atoms with Gasteiger partial charge in [-0.15, -0.1) is 0 Å². The fraction of sp³-hybridized carbons (Fsp3) is 0.417. The van der Waals surface area contributed by atoms with Gasteiger partial charge in [-0.25, -0.2) is 4.79 Å². The number of aromatic carboxylic acids is 1. The normalized spacial score (nSPS) is 16.8. The van der Waals surface area contributed by atoms with Crippen LogP contribution in [0.4, 0.5) is 0 Å². The minimum absolute atomic E-state index is 0.00949. The molecule has 1 N–H and O–H groups in total. The summed E-state index contributed by atoms with van der Waals surface area (Å²) in [6.07, 6.45) is 2.87. The average Bonchev–Trinajstić information content (AvgIpc) is 2.60. The van der Waals surface area contributed by atoms with E-state index in [1.165, 1.54) is 4.68 Å². The number of carbonyl (C=O) groups is 2. The van der Waals surface area contributed by atoms with E-state index in [1.54, 1.807) is 13.2 Å². The third-order valence-corrected chi connectivity index (χ3v) is 2.91. The number of allylic oxidation sites excluding steroid dienone is 1. The lowest BCUT2D eigenvalue weighted by molar-refractivity contribution is 0.0688. The van der Waals surface area contributed by atoms with Crippen LogP contribution in [0, 0.1) is 0 Å². The molecule has 0 spiro atoms. The van der Waals surface area contributed by atoms with Crippen LogP contribution in [0.15, 0.2) is 11.8 Å². The Morgan fingerprint density at radius 3 is 2.67 bits per heavy atom. The quantitative estimate of drug-likeness (QED) is 0.780. The first-order chi connectivity index (χ1) is 8.41. The van der Waals surface area contributed by atoms with Gasteiger partial charge in [0.15, 0.2) is 5.69 Å². The number of carboxylic acid groups (broad SMARTS) is 1. The van der Waals surface area contributed by atoms with Crippen molar-refractivity contribution in [1.29, 1.82) is 0 Å². The highest BCUT2D eigenvalue weighted by Crippen LogP contribution is 2.27. The first-order valence-corrected chi connectivity index (χ1v) is 5.62. The molecule has 6 nitrogen and oxygen atoms in total. The van der Waals surface area contributed by atoms with Crippen molar-refractivity contribution in [2.24, 2.45) is 7.05 Å². The van der Waals surface area contributed by atoms with Crippen LogP contribution in [-0.2, 0) is 13.5 Å². The van der Waals surface area contributed by atoms with Gasteiger partial charge in [0.1, 0.15) is 5.69 Å². The molecule has 0 aromatic carbocycles. The molecule has 2 rings (SSSR count). The molecule has 18 heavy (non-hydrogen) atoms. The molecular formula is C12H15N3O3. The van der Waals surface area contributed by atoms with Crippen LogP contribution in [-0.4, -0.2) is 45.6 Å². The standard InChI is InChI=1S/C12H15N3O3/c1-14(2)6-7-4-5-8-9(12(17)18)13-15(3)10(8)11(7)16/h6H,4-5H2,1-3H3,(H,17,18)/b7-6-. The topological polar surface area (TPSA) is 75.4 Å². The number of aromatic nitrogens is 2. The lowest BCUT2D eigenvalue weighted by Gasteiger charge is -2.17. The zero-order valence-electron chi connectivity index (χ0n) is 10.6. The summed E-state index contributed by atoms with van der Waals surface area (Å²) in [5, 5.41) is 13.0. The minimum atomic E-state index is -1.08. The monoisotopic (exact) mass is 249 g/mol. The molecule has 0 unspecified atom stereocenters. The molecule has 0 bridgehead atoms. The molecule has 6 heteroatoms. The van der Waals surface area contributed by atoms with Gasteiger partial charge in [0.25, 0.3) is 0 Å². The summed E-state index contributed by atoms with van der Waals surface area (Å²) in [5.41, 5.74) is 1.62. The Hall–Kier alpha value is -2.11. The minimum Gasteiger partial charge on any atom is -0.476 e. The van der Waals surface area contributed by atoms with Crippen molar-refractivity contribution in [3.8, 4) is 0 Å². The SMILES string of the molecule is CN(C)/C=C1/CCc2c(C(=O)O)nn(C)c2C1=O. The van der Waals surface area contributed by atoms with Crippen LogP contribution < -0.4 is 0 Å². The van der Waals surface area contributed by atoms with Gasteiger partial charge in [-0.1, -0.05) is 0 Å². The molecule has 1 aliphatic carbocycles. The first kappa shape index (κ1) is 12.3. The van der Waals surface area contributed by atoms with Crippen LogP contribution in [0.25, 0.3) is 0 Å². The maximum absolute atomic E-state index is 12.3. The van der Waals surface area contributed by atoms with E-state index < -0.39 is 5.97 Å². The zero-order chi connectivity index (χ0) is 13.4. The van der Waals surface area contributed by atoms with Crippen LogP contribution in [0.1, 0.15) is 33.0 Å². The zero-order valence-corrected chi connectivity index (χ0v) is 10.6. The number of fused-ring (bicyclic) bond motifs is 1. The summed E-state index contributed by atoms with van der Waals surface area (Å²) in [6.45, 7) is 0. The maximum atomic E-state index is 12.3. The Labute approximate surface area is 105 Å². The fourth-order valence-electron chi connectivity index (χ4n) is 2.22. The number of nitrogens with zero attached hydrogens (tertiary/aromatic N) is 3. The smallest absolute Gasteiger partial charge is 0.356 e. The Bertz CT molecular complexity index is 555. The molecule has 1 aromatic heterocycles. The predicted octanol–water partition coefficient (Wildman–Crippen LogP) is 0.693. The third kappa shape index (κ3) is 1.90. The van der Waals surface area contributed by atoms with Gasteiger partial charge in [0, 0.05) is 38.5 Å². The number of ketones is 1. The fourth-order valence-corrected chi connectivity index (χ4v) is 2.22. The van der Waals surface area contributed by atoms with Crippen molar-refractivity contribution in [2.75, 3.05) is 14.1 Å². The molecule has 0 radical (unpaired) electrons. The molecular weight excluding hydrogens is 234 g/mol. The molecule has 96 valence electrons. The van der Waals surface area contributed by atoms with Crippen molar-refractivity contribution in [3.63, 3.8) is 0 Å². The molecule has 0 fully saturated rings. The molecule has 1 heterocycles. The summed E-state index contributed by atoms with van der Waals surface area (Å²) in [6, 6.07) is 0. The molecule has 0 saturated heterocycles. The summed E-state index contributed by atoms with van der Waals surface area (Å²) in [7, 11) is 5.30. The van der Waals surface area contributed by atoms with Crippen LogP contribution in [0.2, 0.25) is 0 Å². The van der Waals surface area contributed by atoms with Crippen molar-refractivity contribution in [2.45, 2.75) is 12.8 Å². The second-order valence-electron chi connectivity index (χ2n) is 4.55. The van der Waals surface area contributed by atoms with Gasteiger partial charge in [-0.2, -0.15) is 5.10 Å². The number of aryl methyl sites for hydroxylation is 1. The lowest BCUT2D eigenvalue weighted by Crippen LogP contribution is -2.19. The van der Waals surface area contributed by atoms with Gasteiger partial charge < -0.3 is 10.0 Å². The van der Waals surface area contributed by atoms with E-state index in [1.807, 2.05) is 19.0 Å². The second-order valence-corrected chi connectivity index (χ2v) is 4.55. The molecule has 0 aliphatic heterocycles. The van der Waals surface area contributed by atoms with E-state index in [-0.39, 0.29) is 11.5 Å². The molecule has 0 amide bonds. The Kier molecular flexibility index (Phi) is 2.94. The summed E-state index contributed by atoms with van der Waals surface area (Å²) in [4.78, 5) is 25.1. The molecule has 0 saturated carbocycles. The summed E-state index contributed by atoms with van der Waals surface area (Å²) < 4.78 is 1.36. The highest BCUT2D eigenvalue weighted by molar-refractivity contribution is 6.10.